The van der Waals surface area contributed by atoms with E-state index in [1.165, 1.54) is 5.56 Å². The van der Waals surface area contributed by atoms with Crippen molar-refractivity contribution in [3.8, 4) is 11.5 Å². The number of fused-ring (bicyclic) bond motifs is 2. The first-order valence-electron chi connectivity index (χ1n) is 13.3. The van der Waals surface area contributed by atoms with Crippen LogP contribution in [-0.2, 0) is 11.2 Å². The maximum absolute atomic E-state index is 13.6. The maximum Gasteiger partial charge on any atom is 0.258 e. The van der Waals surface area contributed by atoms with E-state index in [0.717, 1.165) is 36.8 Å². The average molecular weight is 505 g/mol. The summed E-state index contributed by atoms with van der Waals surface area (Å²) in [7, 11) is 1.61. The normalized spacial score (nSPS) is 20.4. The number of furan rings is 1. The molecule has 0 aliphatic carbocycles. The molecule has 0 radical (unpaired) electrons. The first-order valence-corrected chi connectivity index (χ1v) is 13.3. The van der Waals surface area contributed by atoms with E-state index in [2.05, 4.69) is 17.4 Å². The molecule has 2 aromatic carbocycles. The third-order valence-corrected chi connectivity index (χ3v) is 7.96. The molecule has 1 N–H and O–H groups in total. The van der Waals surface area contributed by atoms with Crippen molar-refractivity contribution in [1.82, 2.24) is 10.2 Å². The molecule has 1 atom stereocenters. The number of nitrogens with one attached hydrogen (secondary N) is 1. The molecule has 0 bridgehead atoms. The summed E-state index contributed by atoms with van der Waals surface area (Å²) < 4.78 is 17.3. The van der Waals surface area contributed by atoms with Gasteiger partial charge in [0.1, 0.15) is 29.4 Å². The molecular formula is C30H36N2O5. The van der Waals surface area contributed by atoms with Crippen molar-refractivity contribution in [2.75, 3.05) is 26.8 Å². The molecule has 2 aliphatic rings. The zero-order chi connectivity index (χ0) is 26.0. The van der Waals surface area contributed by atoms with Crippen molar-refractivity contribution in [2.45, 2.75) is 58.4 Å². The predicted octanol–water partition coefficient (Wildman–Crippen LogP) is 5.28. The van der Waals surface area contributed by atoms with Crippen LogP contribution < -0.4 is 14.8 Å². The summed E-state index contributed by atoms with van der Waals surface area (Å²) in [5.41, 5.74) is 2.00. The Morgan fingerprint density at radius 3 is 2.68 bits per heavy atom. The SMILES string of the molecule is COc1ccc2oc(C)c(C(=O)N3CCC4(CCCCc5ccccc5OC[C@H](C)NC4=O)CC3)c2c1. The van der Waals surface area contributed by atoms with Crippen LogP contribution in [0.4, 0.5) is 0 Å². The average Bonchev–Trinajstić information content (AvgIpc) is 3.24. The van der Waals surface area contributed by atoms with Crippen molar-refractivity contribution in [2.24, 2.45) is 5.41 Å². The third kappa shape index (κ3) is 5.04. The molecule has 3 heterocycles. The van der Waals surface area contributed by atoms with Gasteiger partial charge in [0.05, 0.1) is 24.1 Å². The first-order chi connectivity index (χ1) is 17.9. The minimum atomic E-state index is -0.472. The van der Waals surface area contributed by atoms with Crippen LogP contribution in [-0.4, -0.2) is 49.6 Å². The van der Waals surface area contributed by atoms with Gasteiger partial charge in [-0.1, -0.05) is 24.6 Å². The number of hydrogen-bond acceptors (Lipinski definition) is 5. The number of rotatable bonds is 2. The molecule has 2 aliphatic heterocycles. The summed E-state index contributed by atoms with van der Waals surface area (Å²) in [4.78, 5) is 29.1. The molecule has 7 heteroatoms. The Labute approximate surface area is 218 Å². The van der Waals surface area contributed by atoms with Crippen LogP contribution >= 0.6 is 0 Å². The Bertz CT molecular complexity index is 1290. The summed E-state index contributed by atoms with van der Waals surface area (Å²) in [6, 6.07) is 13.6. The molecular weight excluding hydrogens is 468 g/mol. The third-order valence-electron chi connectivity index (χ3n) is 7.96. The lowest BCUT2D eigenvalue weighted by Crippen LogP contribution is -2.52. The Kier molecular flexibility index (Phi) is 7.13. The highest BCUT2D eigenvalue weighted by Gasteiger charge is 2.42. The van der Waals surface area contributed by atoms with Crippen molar-refractivity contribution in [3.05, 3.63) is 59.4 Å². The summed E-state index contributed by atoms with van der Waals surface area (Å²) in [5.74, 6) is 2.23. The fourth-order valence-corrected chi connectivity index (χ4v) is 5.74. The smallest absolute Gasteiger partial charge is 0.258 e. The summed E-state index contributed by atoms with van der Waals surface area (Å²) in [6.45, 7) is 5.32. The van der Waals surface area contributed by atoms with E-state index in [0.29, 0.717) is 55.2 Å². The van der Waals surface area contributed by atoms with E-state index in [1.807, 2.05) is 49.1 Å². The van der Waals surface area contributed by atoms with Gasteiger partial charge in [-0.2, -0.15) is 0 Å². The molecule has 1 aromatic heterocycles. The second-order valence-corrected chi connectivity index (χ2v) is 10.5. The number of nitrogens with zero attached hydrogens (tertiary/aromatic N) is 1. The Hall–Kier alpha value is -3.48. The van der Waals surface area contributed by atoms with Gasteiger partial charge in [-0.05, 0) is 75.8 Å². The number of amides is 2. The number of hydrogen-bond donors (Lipinski definition) is 1. The van der Waals surface area contributed by atoms with E-state index in [-0.39, 0.29) is 17.9 Å². The number of methoxy groups -OCH3 is 1. The van der Waals surface area contributed by atoms with E-state index in [4.69, 9.17) is 13.9 Å². The van der Waals surface area contributed by atoms with Gasteiger partial charge in [0, 0.05) is 18.5 Å². The number of likely N-dealkylation sites (tertiary alicyclic amines) is 1. The second-order valence-electron chi connectivity index (χ2n) is 10.5. The number of para-hydroxylation sites is 1. The van der Waals surface area contributed by atoms with Gasteiger partial charge in [0.2, 0.25) is 5.91 Å². The number of piperidine rings is 1. The largest absolute Gasteiger partial charge is 0.497 e. The van der Waals surface area contributed by atoms with Crippen LogP contribution in [0.5, 0.6) is 11.5 Å². The Balaban J connectivity index is 1.32. The molecule has 0 unspecified atom stereocenters. The quantitative estimate of drug-likeness (QED) is 0.513. The van der Waals surface area contributed by atoms with Gasteiger partial charge in [-0.3, -0.25) is 9.59 Å². The van der Waals surface area contributed by atoms with Crippen LogP contribution in [0.15, 0.2) is 46.9 Å². The summed E-state index contributed by atoms with van der Waals surface area (Å²) >= 11 is 0. The maximum atomic E-state index is 13.6. The van der Waals surface area contributed by atoms with Gasteiger partial charge >= 0.3 is 0 Å². The number of ether oxygens (including phenoxy) is 2. The van der Waals surface area contributed by atoms with Crippen molar-refractivity contribution in [1.29, 1.82) is 0 Å². The lowest BCUT2D eigenvalue weighted by molar-refractivity contribution is -0.135. The van der Waals surface area contributed by atoms with E-state index < -0.39 is 5.41 Å². The zero-order valence-corrected chi connectivity index (χ0v) is 22.0. The fraction of sp³-hybridized carbons (Fsp3) is 0.467. The summed E-state index contributed by atoms with van der Waals surface area (Å²) in [6.07, 6.45) is 5.00. The Morgan fingerprint density at radius 1 is 1.11 bits per heavy atom. The lowest BCUT2D eigenvalue weighted by Gasteiger charge is -2.41. The minimum absolute atomic E-state index is 0.0497. The molecule has 3 aromatic rings. The van der Waals surface area contributed by atoms with Crippen LogP contribution in [0.2, 0.25) is 0 Å². The van der Waals surface area contributed by atoms with Gasteiger partial charge in [-0.15, -0.1) is 0 Å². The minimum Gasteiger partial charge on any atom is -0.497 e. The van der Waals surface area contributed by atoms with Crippen LogP contribution in [0.3, 0.4) is 0 Å². The molecule has 1 spiro atoms. The summed E-state index contributed by atoms with van der Waals surface area (Å²) in [5, 5.41) is 3.97. The molecule has 2 amide bonds. The lowest BCUT2D eigenvalue weighted by atomic mass is 9.73. The van der Waals surface area contributed by atoms with E-state index in [9.17, 15) is 9.59 Å². The number of aryl methyl sites for hydroxylation is 2. The standard InChI is InChI=1S/C30H36N2O5/c1-20-19-36-25-10-5-4-8-22(25)9-6-7-13-30(29(34)31-20)14-16-32(17-15-30)28(33)27-21(2)37-26-12-11-23(35-3)18-24(26)27/h4-5,8,10-12,18,20H,6-7,9,13-17,19H2,1-3H3,(H,31,34)/t20-/m0/s1. The number of carbonyl (C=O) groups is 2. The highest BCUT2D eigenvalue weighted by molar-refractivity contribution is 6.07. The predicted molar refractivity (Wildman–Crippen MR) is 142 cm³/mol. The van der Waals surface area contributed by atoms with Crippen molar-refractivity contribution < 1.29 is 23.5 Å². The fourth-order valence-electron chi connectivity index (χ4n) is 5.74. The van der Waals surface area contributed by atoms with E-state index >= 15 is 0 Å². The second kappa shape index (κ2) is 10.5. The molecule has 7 nitrogen and oxygen atoms in total. The highest BCUT2D eigenvalue weighted by Crippen LogP contribution is 2.39. The van der Waals surface area contributed by atoms with Gasteiger partial charge < -0.3 is 24.1 Å². The van der Waals surface area contributed by atoms with Crippen LogP contribution in [0.1, 0.15) is 60.7 Å². The van der Waals surface area contributed by atoms with Gasteiger partial charge in [0.25, 0.3) is 5.91 Å². The van der Waals surface area contributed by atoms with E-state index in [1.54, 1.807) is 7.11 Å². The zero-order valence-electron chi connectivity index (χ0n) is 22.0. The molecule has 0 saturated carbocycles. The van der Waals surface area contributed by atoms with Gasteiger partial charge in [-0.25, -0.2) is 0 Å². The molecule has 196 valence electrons. The van der Waals surface area contributed by atoms with Crippen LogP contribution in [0, 0.1) is 12.3 Å². The van der Waals surface area contributed by atoms with Crippen molar-refractivity contribution in [3.63, 3.8) is 0 Å². The van der Waals surface area contributed by atoms with Crippen molar-refractivity contribution >= 4 is 22.8 Å². The highest BCUT2D eigenvalue weighted by atomic mass is 16.5. The molecule has 1 saturated heterocycles. The molecule has 37 heavy (non-hydrogen) atoms. The van der Waals surface area contributed by atoms with Crippen LogP contribution in [0.25, 0.3) is 11.0 Å². The number of benzene rings is 2. The number of carbonyl (C=O) groups excluding carboxylic acids is 2. The topological polar surface area (TPSA) is 81.0 Å². The molecule has 5 rings (SSSR count). The van der Waals surface area contributed by atoms with Gasteiger partial charge in [0.15, 0.2) is 0 Å². The first kappa shape index (κ1) is 25.2. The molecule has 1 fully saturated rings. The monoisotopic (exact) mass is 504 g/mol. The Morgan fingerprint density at radius 2 is 1.89 bits per heavy atom.